The summed E-state index contributed by atoms with van der Waals surface area (Å²) in [5.74, 6) is 0.297. The number of benzene rings is 1. The van der Waals surface area contributed by atoms with E-state index in [0.717, 1.165) is 12.1 Å². The van der Waals surface area contributed by atoms with E-state index in [1.807, 2.05) is 20.8 Å². The molecule has 1 aromatic rings. The second-order valence-corrected chi connectivity index (χ2v) is 5.58. The minimum absolute atomic E-state index is 0.0237. The van der Waals surface area contributed by atoms with Crippen molar-refractivity contribution in [3.05, 3.63) is 29.8 Å². The molecular formula is C14H19F3O2. The van der Waals surface area contributed by atoms with Crippen LogP contribution in [-0.4, -0.2) is 18.3 Å². The summed E-state index contributed by atoms with van der Waals surface area (Å²) in [4.78, 5) is 0. The summed E-state index contributed by atoms with van der Waals surface area (Å²) >= 11 is 0. The normalized spacial score (nSPS) is 14.3. The van der Waals surface area contributed by atoms with E-state index < -0.39 is 11.7 Å². The van der Waals surface area contributed by atoms with Crippen molar-refractivity contribution in [2.75, 3.05) is 13.2 Å². The van der Waals surface area contributed by atoms with Gasteiger partial charge in [-0.2, -0.15) is 13.2 Å². The molecule has 1 rings (SSSR count). The highest BCUT2D eigenvalue weighted by molar-refractivity contribution is 5.28. The number of aliphatic hydroxyl groups is 1. The highest BCUT2D eigenvalue weighted by Gasteiger charge is 2.30. The zero-order valence-electron chi connectivity index (χ0n) is 11.3. The Balaban J connectivity index is 2.64. The average Bonchev–Trinajstić information content (AvgIpc) is 2.27. The van der Waals surface area contributed by atoms with E-state index in [1.54, 1.807) is 0 Å². The van der Waals surface area contributed by atoms with Crippen LogP contribution in [0.15, 0.2) is 24.3 Å². The molecule has 19 heavy (non-hydrogen) atoms. The Bertz CT molecular complexity index is 391. The SMILES string of the molecule is CC(C)(C)C(CO)COc1ccc(C(F)(F)F)cc1. The third kappa shape index (κ3) is 4.74. The zero-order chi connectivity index (χ0) is 14.7. The quantitative estimate of drug-likeness (QED) is 0.907. The van der Waals surface area contributed by atoms with Crippen LogP contribution in [0.1, 0.15) is 26.3 Å². The third-order valence-electron chi connectivity index (χ3n) is 3.08. The molecule has 1 aromatic carbocycles. The molecule has 0 amide bonds. The van der Waals surface area contributed by atoms with Crippen LogP contribution in [0.25, 0.3) is 0 Å². The maximum absolute atomic E-state index is 12.4. The molecule has 1 N–H and O–H groups in total. The standard InChI is InChI=1S/C14H19F3O2/c1-13(2,3)11(8-18)9-19-12-6-4-10(5-7-12)14(15,16)17/h4-7,11,18H,8-9H2,1-3H3. The van der Waals surface area contributed by atoms with Crippen LogP contribution in [0, 0.1) is 11.3 Å². The van der Waals surface area contributed by atoms with Gasteiger partial charge in [-0.25, -0.2) is 0 Å². The fraction of sp³-hybridized carbons (Fsp3) is 0.571. The molecule has 0 aliphatic heterocycles. The molecule has 0 saturated heterocycles. The Hall–Kier alpha value is -1.23. The van der Waals surface area contributed by atoms with Crippen LogP contribution in [0.3, 0.4) is 0 Å². The summed E-state index contributed by atoms with van der Waals surface area (Å²) in [5.41, 5.74) is -0.824. The molecule has 1 unspecified atom stereocenters. The van der Waals surface area contributed by atoms with Gasteiger partial charge >= 0.3 is 6.18 Å². The molecule has 0 aliphatic rings. The van der Waals surface area contributed by atoms with Crippen molar-refractivity contribution in [2.45, 2.75) is 26.9 Å². The lowest BCUT2D eigenvalue weighted by atomic mass is 9.82. The van der Waals surface area contributed by atoms with Crippen LogP contribution in [0.2, 0.25) is 0 Å². The van der Waals surface area contributed by atoms with Gasteiger partial charge in [-0.1, -0.05) is 20.8 Å². The van der Waals surface area contributed by atoms with Crippen molar-refractivity contribution in [2.24, 2.45) is 11.3 Å². The average molecular weight is 276 g/mol. The number of alkyl halides is 3. The summed E-state index contributed by atoms with van der Waals surface area (Å²) in [5, 5.41) is 9.26. The number of ether oxygens (including phenoxy) is 1. The van der Waals surface area contributed by atoms with Crippen LogP contribution >= 0.6 is 0 Å². The van der Waals surface area contributed by atoms with Crippen molar-refractivity contribution >= 4 is 0 Å². The lowest BCUT2D eigenvalue weighted by molar-refractivity contribution is -0.137. The first-order chi connectivity index (χ1) is 8.64. The second kappa shape index (κ2) is 5.82. The van der Waals surface area contributed by atoms with Gasteiger partial charge < -0.3 is 9.84 Å². The lowest BCUT2D eigenvalue weighted by Crippen LogP contribution is -2.29. The van der Waals surface area contributed by atoms with Crippen LogP contribution < -0.4 is 4.74 Å². The fourth-order valence-electron chi connectivity index (χ4n) is 1.51. The van der Waals surface area contributed by atoms with Crippen molar-refractivity contribution in [3.63, 3.8) is 0 Å². The Morgan fingerprint density at radius 3 is 2.00 bits per heavy atom. The largest absolute Gasteiger partial charge is 0.493 e. The summed E-state index contributed by atoms with van der Waals surface area (Å²) in [6.45, 7) is 6.17. The van der Waals surface area contributed by atoms with E-state index in [1.165, 1.54) is 12.1 Å². The predicted octanol–water partition coefficient (Wildman–Crippen LogP) is 3.74. The first-order valence-electron chi connectivity index (χ1n) is 6.05. The molecule has 0 aliphatic carbocycles. The van der Waals surface area contributed by atoms with Gasteiger partial charge in [0.1, 0.15) is 5.75 Å². The van der Waals surface area contributed by atoms with Gasteiger partial charge in [0.25, 0.3) is 0 Å². The minimum atomic E-state index is -4.34. The van der Waals surface area contributed by atoms with E-state index in [2.05, 4.69) is 0 Å². The minimum Gasteiger partial charge on any atom is -0.493 e. The first kappa shape index (κ1) is 15.8. The van der Waals surface area contributed by atoms with Gasteiger partial charge in [-0.3, -0.25) is 0 Å². The van der Waals surface area contributed by atoms with E-state index in [4.69, 9.17) is 4.74 Å². The van der Waals surface area contributed by atoms with E-state index >= 15 is 0 Å². The van der Waals surface area contributed by atoms with Gasteiger partial charge in [0.15, 0.2) is 0 Å². The van der Waals surface area contributed by atoms with Gasteiger partial charge in [-0.15, -0.1) is 0 Å². The summed E-state index contributed by atoms with van der Waals surface area (Å²) < 4.78 is 42.5. The molecule has 2 nitrogen and oxygen atoms in total. The topological polar surface area (TPSA) is 29.5 Å². The predicted molar refractivity (Wildman–Crippen MR) is 67.0 cm³/mol. The smallest absolute Gasteiger partial charge is 0.416 e. The molecule has 0 heterocycles. The van der Waals surface area contributed by atoms with Gasteiger partial charge in [0, 0.05) is 12.5 Å². The molecule has 0 radical (unpaired) electrons. The molecule has 0 saturated carbocycles. The number of hydrogen-bond donors (Lipinski definition) is 1. The Kier molecular flexibility index (Phi) is 4.85. The highest BCUT2D eigenvalue weighted by Crippen LogP contribution is 2.31. The van der Waals surface area contributed by atoms with Crippen LogP contribution in [0.5, 0.6) is 5.75 Å². The lowest BCUT2D eigenvalue weighted by Gasteiger charge is -2.28. The van der Waals surface area contributed by atoms with E-state index in [9.17, 15) is 18.3 Å². The molecule has 108 valence electrons. The number of hydrogen-bond acceptors (Lipinski definition) is 2. The number of aliphatic hydroxyl groups excluding tert-OH is 1. The maximum Gasteiger partial charge on any atom is 0.416 e. The summed E-state index contributed by atoms with van der Waals surface area (Å²) in [6, 6.07) is 4.56. The van der Waals surface area contributed by atoms with Crippen LogP contribution in [0.4, 0.5) is 13.2 Å². The zero-order valence-corrected chi connectivity index (χ0v) is 11.3. The van der Waals surface area contributed by atoms with Gasteiger partial charge in [0.2, 0.25) is 0 Å². The summed E-state index contributed by atoms with van der Waals surface area (Å²) in [7, 11) is 0. The Labute approximate surface area is 111 Å². The van der Waals surface area contributed by atoms with Gasteiger partial charge in [-0.05, 0) is 29.7 Å². The molecule has 0 fully saturated rings. The second-order valence-electron chi connectivity index (χ2n) is 5.58. The highest BCUT2D eigenvalue weighted by atomic mass is 19.4. The Morgan fingerprint density at radius 1 is 1.11 bits per heavy atom. The molecule has 0 aromatic heterocycles. The molecule has 1 atom stereocenters. The van der Waals surface area contributed by atoms with E-state index in [-0.39, 0.29) is 24.5 Å². The molecular weight excluding hydrogens is 257 g/mol. The van der Waals surface area contributed by atoms with Crippen LogP contribution in [-0.2, 0) is 6.18 Å². The van der Waals surface area contributed by atoms with Gasteiger partial charge in [0.05, 0.1) is 12.2 Å². The van der Waals surface area contributed by atoms with Crippen molar-refractivity contribution in [3.8, 4) is 5.75 Å². The first-order valence-corrected chi connectivity index (χ1v) is 6.05. The summed E-state index contributed by atoms with van der Waals surface area (Å²) in [6.07, 6.45) is -4.34. The van der Waals surface area contributed by atoms with Crippen molar-refractivity contribution in [1.82, 2.24) is 0 Å². The fourth-order valence-corrected chi connectivity index (χ4v) is 1.51. The third-order valence-corrected chi connectivity index (χ3v) is 3.08. The molecule has 0 bridgehead atoms. The Morgan fingerprint density at radius 2 is 1.63 bits per heavy atom. The molecule has 0 spiro atoms. The molecule has 5 heteroatoms. The van der Waals surface area contributed by atoms with Crippen molar-refractivity contribution in [1.29, 1.82) is 0 Å². The van der Waals surface area contributed by atoms with E-state index in [0.29, 0.717) is 5.75 Å². The number of halogens is 3. The van der Waals surface area contributed by atoms with Crippen molar-refractivity contribution < 1.29 is 23.0 Å². The number of rotatable bonds is 4. The monoisotopic (exact) mass is 276 g/mol. The maximum atomic E-state index is 12.4.